The fraction of sp³-hybridized carbons (Fsp3) is 0.333. The van der Waals surface area contributed by atoms with Gasteiger partial charge in [-0.1, -0.05) is 29.3 Å². The lowest BCUT2D eigenvalue weighted by atomic mass is 9.98. The Kier molecular flexibility index (Phi) is 4.97. The standard InChI is InChI=1S/C15H17Cl2N3/c1-9-6-12(10(2)20-19-9)15(18-3)8-11-4-5-13(16)14(17)7-11/h4-7,15,18H,8H2,1-3H3. The van der Waals surface area contributed by atoms with Crippen molar-refractivity contribution in [2.24, 2.45) is 0 Å². The molecule has 20 heavy (non-hydrogen) atoms. The first-order valence-corrected chi connectivity index (χ1v) is 7.19. The molecule has 0 bridgehead atoms. The van der Waals surface area contributed by atoms with Crippen molar-refractivity contribution in [3.05, 3.63) is 56.8 Å². The second-order valence-electron chi connectivity index (χ2n) is 4.82. The quantitative estimate of drug-likeness (QED) is 0.930. The minimum atomic E-state index is 0.168. The van der Waals surface area contributed by atoms with Crippen LogP contribution in [-0.4, -0.2) is 17.2 Å². The summed E-state index contributed by atoms with van der Waals surface area (Å²) in [5.74, 6) is 0. The molecule has 3 nitrogen and oxygen atoms in total. The average Bonchev–Trinajstić information content (AvgIpc) is 2.43. The molecule has 1 unspecified atom stereocenters. The van der Waals surface area contributed by atoms with E-state index < -0.39 is 0 Å². The summed E-state index contributed by atoms with van der Waals surface area (Å²) in [7, 11) is 1.94. The number of nitrogens with one attached hydrogen (secondary N) is 1. The SMILES string of the molecule is CNC(Cc1ccc(Cl)c(Cl)c1)c1cc(C)nnc1C. The molecule has 0 aliphatic rings. The summed E-state index contributed by atoms with van der Waals surface area (Å²) in [6.07, 6.45) is 0.819. The minimum Gasteiger partial charge on any atom is -0.313 e. The van der Waals surface area contributed by atoms with E-state index in [9.17, 15) is 0 Å². The molecule has 0 amide bonds. The highest BCUT2D eigenvalue weighted by atomic mass is 35.5. The van der Waals surface area contributed by atoms with E-state index >= 15 is 0 Å². The van der Waals surface area contributed by atoms with Crippen LogP contribution >= 0.6 is 23.2 Å². The summed E-state index contributed by atoms with van der Waals surface area (Å²) in [6.45, 7) is 3.92. The van der Waals surface area contributed by atoms with E-state index in [4.69, 9.17) is 23.2 Å². The van der Waals surface area contributed by atoms with E-state index in [1.54, 1.807) is 0 Å². The van der Waals surface area contributed by atoms with Crippen molar-refractivity contribution in [1.29, 1.82) is 0 Å². The minimum absolute atomic E-state index is 0.168. The summed E-state index contributed by atoms with van der Waals surface area (Å²) >= 11 is 12.0. The molecule has 1 aromatic carbocycles. The van der Waals surface area contributed by atoms with Gasteiger partial charge in [-0.25, -0.2) is 0 Å². The molecule has 0 fully saturated rings. The van der Waals surface area contributed by atoms with Crippen molar-refractivity contribution in [3.63, 3.8) is 0 Å². The van der Waals surface area contributed by atoms with Crippen molar-refractivity contribution >= 4 is 23.2 Å². The molecular formula is C15H17Cl2N3. The van der Waals surface area contributed by atoms with Crippen molar-refractivity contribution < 1.29 is 0 Å². The van der Waals surface area contributed by atoms with Crippen LogP contribution in [0.15, 0.2) is 24.3 Å². The third-order valence-electron chi connectivity index (χ3n) is 3.29. The summed E-state index contributed by atoms with van der Waals surface area (Å²) in [5, 5.41) is 12.7. The third-order valence-corrected chi connectivity index (χ3v) is 4.03. The Balaban J connectivity index is 2.28. The van der Waals surface area contributed by atoms with E-state index in [1.165, 1.54) is 0 Å². The molecule has 0 radical (unpaired) electrons. The largest absolute Gasteiger partial charge is 0.313 e. The lowest BCUT2D eigenvalue weighted by Crippen LogP contribution is -2.20. The predicted molar refractivity (Wildman–Crippen MR) is 83.5 cm³/mol. The molecule has 0 spiro atoms. The van der Waals surface area contributed by atoms with Crippen molar-refractivity contribution in [3.8, 4) is 0 Å². The number of halogens is 2. The second kappa shape index (κ2) is 6.53. The van der Waals surface area contributed by atoms with Gasteiger partial charge in [0.1, 0.15) is 0 Å². The van der Waals surface area contributed by atoms with Crippen LogP contribution in [0.25, 0.3) is 0 Å². The summed E-state index contributed by atoms with van der Waals surface area (Å²) < 4.78 is 0. The fourth-order valence-electron chi connectivity index (χ4n) is 2.19. The van der Waals surface area contributed by atoms with Gasteiger partial charge >= 0.3 is 0 Å². The highest BCUT2D eigenvalue weighted by Crippen LogP contribution is 2.26. The Bertz CT molecular complexity index is 614. The maximum absolute atomic E-state index is 6.07. The molecule has 0 aliphatic carbocycles. The molecule has 1 atom stereocenters. The van der Waals surface area contributed by atoms with E-state index in [2.05, 4.69) is 21.6 Å². The normalized spacial score (nSPS) is 12.4. The molecule has 0 saturated carbocycles. The topological polar surface area (TPSA) is 37.8 Å². The Labute approximate surface area is 129 Å². The van der Waals surface area contributed by atoms with Crippen LogP contribution in [0.5, 0.6) is 0 Å². The average molecular weight is 310 g/mol. The molecule has 2 rings (SSSR count). The Morgan fingerprint density at radius 1 is 1.10 bits per heavy atom. The zero-order valence-corrected chi connectivity index (χ0v) is 13.3. The van der Waals surface area contributed by atoms with Crippen LogP contribution in [-0.2, 0) is 6.42 Å². The van der Waals surface area contributed by atoms with Gasteiger partial charge in [-0.3, -0.25) is 0 Å². The number of aromatic nitrogens is 2. The smallest absolute Gasteiger partial charge is 0.0648 e. The van der Waals surface area contributed by atoms with Gasteiger partial charge in [0.15, 0.2) is 0 Å². The van der Waals surface area contributed by atoms with Gasteiger partial charge in [-0.2, -0.15) is 10.2 Å². The third kappa shape index (κ3) is 3.48. The van der Waals surface area contributed by atoms with Gasteiger partial charge in [0.25, 0.3) is 0 Å². The first-order valence-electron chi connectivity index (χ1n) is 6.43. The van der Waals surface area contributed by atoms with Crippen LogP contribution < -0.4 is 5.32 Å². The van der Waals surface area contributed by atoms with Gasteiger partial charge in [0.2, 0.25) is 0 Å². The Morgan fingerprint density at radius 3 is 2.50 bits per heavy atom. The van der Waals surface area contributed by atoms with Crippen LogP contribution in [0, 0.1) is 13.8 Å². The number of nitrogens with zero attached hydrogens (tertiary/aromatic N) is 2. The number of hydrogen-bond donors (Lipinski definition) is 1. The van der Waals surface area contributed by atoms with Gasteiger partial charge in [0, 0.05) is 6.04 Å². The molecule has 106 valence electrons. The molecule has 1 aromatic heterocycles. The second-order valence-corrected chi connectivity index (χ2v) is 5.63. The molecule has 5 heteroatoms. The van der Waals surface area contributed by atoms with Crippen LogP contribution in [0.4, 0.5) is 0 Å². The summed E-state index contributed by atoms with van der Waals surface area (Å²) in [5.41, 5.74) is 4.15. The van der Waals surface area contributed by atoms with Crippen molar-refractivity contribution in [2.45, 2.75) is 26.3 Å². The Hall–Kier alpha value is -1.16. The predicted octanol–water partition coefficient (Wildman–Crippen LogP) is 3.90. The molecule has 0 saturated heterocycles. The lowest BCUT2D eigenvalue weighted by Gasteiger charge is -2.18. The maximum atomic E-state index is 6.07. The zero-order chi connectivity index (χ0) is 14.7. The van der Waals surface area contributed by atoms with Crippen LogP contribution in [0.1, 0.15) is 28.6 Å². The highest BCUT2D eigenvalue weighted by molar-refractivity contribution is 6.42. The first kappa shape index (κ1) is 15.2. The fourth-order valence-corrected chi connectivity index (χ4v) is 2.51. The van der Waals surface area contributed by atoms with Gasteiger partial charge in [-0.15, -0.1) is 0 Å². The number of aryl methyl sites for hydroxylation is 2. The molecule has 2 aromatic rings. The maximum Gasteiger partial charge on any atom is 0.0648 e. The van der Waals surface area contributed by atoms with E-state index in [0.29, 0.717) is 10.0 Å². The molecule has 1 N–H and O–H groups in total. The number of rotatable bonds is 4. The van der Waals surface area contributed by atoms with E-state index in [0.717, 1.165) is 28.9 Å². The van der Waals surface area contributed by atoms with Gasteiger partial charge in [0.05, 0.1) is 21.4 Å². The number of benzene rings is 1. The van der Waals surface area contributed by atoms with Gasteiger partial charge in [-0.05, 0) is 56.6 Å². The molecular weight excluding hydrogens is 293 g/mol. The highest BCUT2D eigenvalue weighted by Gasteiger charge is 2.15. The van der Waals surface area contributed by atoms with Crippen molar-refractivity contribution in [1.82, 2.24) is 15.5 Å². The van der Waals surface area contributed by atoms with Gasteiger partial charge < -0.3 is 5.32 Å². The molecule has 1 heterocycles. The van der Waals surface area contributed by atoms with Crippen molar-refractivity contribution in [2.75, 3.05) is 7.05 Å². The van der Waals surface area contributed by atoms with Crippen LogP contribution in [0.3, 0.4) is 0 Å². The number of likely N-dealkylation sites (N-methyl/N-ethyl adjacent to an activating group) is 1. The lowest BCUT2D eigenvalue weighted by molar-refractivity contribution is 0.582. The number of hydrogen-bond acceptors (Lipinski definition) is 3. The van der Waals surface area contributed by atoms with E-state index in [-0.39, 0.29) is 6.04 Å². The Morgan fingerprint density at radius 2 is 1.85 bits per heavy atom. The van der Waals surface area contributed by atoms with Crippen LogP contribution in [0.2, 0.25) is 10.0 Å². The summed E-state index contributed by atoms with van der Waals surface area (Å²) in [4.78, 5) is 0. The molecule has 0 aliphatic heterocycles. The summed E-state index contributed by atoms with van der Waals surface area (Å²) in [6, 6.07) is 7.97. The van der Waals surface area contributed by atoms with E-state index in [1.807, 2.05) is 39.1 Å². The monoisotopic (exact) mass is 309 g/mol. The zero-order valence-electron chi connectivity index (χ0n) is 11.7. The first-order chi connectivity index (χ1) is 9.51.